The van der Waals surface area contributed by atoms with E-state index in [1.54, 1.807) is 54.6 Å². The van der Waals surface area contributed by atoms with Gasteiger partial charge in [-0.1, -0.05) is 133 Å². The van der Waals surface area contributed by atoms with Gasteiger partial charge in [0.1, 0.15) is 34.3 Å². The molecule has 4 aliphatic rings. The molecule has 3 heterocycles. The fourth-order valence-electron chi connectivity index (χ4n) is 11.3. The average Bonchev–Trinajstić information content (AvgIpc) is 1.63. The molecule has 0 radical (unpaired) electrons. The molecular weight excluding hydrogens is 1140 g/mol. The summed E-state index contributed by atoms with van der Waals surface area (Å²) in [5.74, 6) is -2.03. The third kappa shape index (κ3) is 10.6. The second-order valence-corrected chi connectivity index (χ2v) is 24.7. The van der Waals surface area contributed by atoms with Crippen molar-refractivity contribution in [3.63, 3.8) is 0 Å². The van der Waals surface area contributed by atoms with Gasteiger partial charge in [-0.3, -0.25) is 9.59 Å². The number of carboxylic acids is 1. The molecule has 9 aromatic carbocycles. The Morgan fingerprint density at radius 3 is 1.61 bits per heavy atom. The Kier molecular flexibility index (Phi) is 15.4. The molecule has 1 aliphatic carbocycles. The first-order chi connectivity index (χ1) is 42.1. The number of aromatic hydroxyl groups is 1. The highest BCUT2D eigenvalue weighted by atomic mass is 31.1. The number of methoxy groups -OCH3 is 2. The predicted molar refractivity (Wildman–Crippen MR) is 334 cm³/mol. The van der Waals surface area contributed by atoms with Gasteiger partial charge in [-0.05, 0) is 122 Å². The van der Waals surface area contributed by atoms with Gasteiger partial charge in [0.2, 0.25) is 0 Å². The van der Waals surface area contributed by atoms with Crippen LogP contribution in [0, 0.1) is 6.92 Å². The first-order valence-electron chi connectivity index (χ1n) is 27.3. The second kappa shape index (κ2) is 23.5. The van der Waals surface area contributed by atoms with Crippen molar-refractivity contribution in [1.82, 2.24) is 0 Å². The number of rotatable bonds is 11. The molecule has 14 nitrogen and oxygen atoms in total. The van der Waals surface area contributed by atoms with Crippen molar-refractivity contribution >= 4 is 88.5 Å². The van der Waals surface area contributed by atoms with Crippen LogP contribution in [0.15, 0.2) is 228 Å². The van der Waals surface area contributed by atoms with Gasteiger partial charge in [-0.25, -0.2) is 19.2 Å². The summed E-state index contributed by atoms with van der Waals surface area (Å²) in [6, 6.07) is 65.1. The Balaban J connectivity index is 0.000000170. The summed E-state index contributed by atoms with van der Waals surface area (Å²) < 4.78 is 34.6. The first-order valence-corrected chi connectivity index (χ1v) is 30.0. The van der Waals surface area contributed by atoms with E-state index in [4.69, 9.17) is 28.1 Å². The van der Waals surface area contributed by atoms with Crippen molar-refractivity contribution in [3.8, 4) is 45.4 Å². The Bertz CT molecular complexity index is 4510. The minimum atomic E-state index is -1.43. The quantitative estimate of drug-likeness (QED) is 0.0407. The summed E-state index contributed by atoms with van der Waals surface area (Å²) in [7, 11) is 0.0105. The smallest absolute Gasteiger partial charge is 0.340 e. The summed E-state index contributed by atoms with van der Waals surface area (Å²) in [5.41, 5.74) is 3.17. The van der Waals surface area contributed by atoms with Gasteiger partial charge < -0.3 is 38.3 Å². The van der Waals surface area contributed by atoms with Crippen molar-refractivity contribution in [2.24, 2.45) is 0 Å². The van der Waals surface area contributed by atoms with Crippen molar-refractivity contribution in [2.75, 3.05) is 14.2 Å². The maximum absolute atomic E-state index is 14.0. The van der Waals surface area contributed by atoms with Crippen LogP contribution in [0.3, 0.4) is 0 Å². The van der Waals surface area contributed by atoms with Crippen LogP contribution in [-0.2, 0) is 24.6 Å². The number of hydrogen-bond acceptors (Lipinski definition) is 13. The molecule has 16 heteroatoms. The molecule has 0 fully saturated rings. The van der Waals surface area contributed by atoms with Crippen molar-refractivity contribution in [2.45, 2.75) is 19.4 Å². The molecule has 0 saturated heterocycles. The maximum atomic E-state index is 14.0. The highest BCUT2D eigenvalue weighted by Crippen LogP contribution is 2.57. The lowest BCUT2D eigenvalue weighted by atomic mass is 9.77. The van der Waals surface area contributed by atoms with Crippen molar-refractivity contribution in [1.29, 1.82) is 0 Å². The van der Waals surface area contributed by atoms with Crippen LogP contribution in [0.1, 0.15) is 70.6 Å². The van der Waals surface area contributed by atoms with Crippen LogP contribution in [0.2, 0.25) is 0 Å². The predicted octanol–water partition coefficient (Wildman–Crippen LogP) is 11.5. The summed E-state index contributed by atoms with van der Waals surface area (Å²) in [4.78, 5) is 77.9. The second-order valence-electron chi connectivity index (χ2n) is 20.4. The molecule has 0 amide bonds. The van der Waals surface area contributed by atoms with Crippen LogP contribution in [0.25, 0.3) is 33.4 Å². The molecule has 87 heavy (non-hydrogen) atoms. The number of esters is 4. The molecule has 0 bridgehead atoms. The number of carbonyl (C=O) groups is 5. The van der Waals surface area contributed by atoms with Crippen LogP contribution in [-0.4, -0.2) is 54.3 Å². The van der Waals surface area contributed by atoms with E-state index < -0.39 is 51.3 Å². The van der Waals surface area contributed by atoms with Crippen LogP contribution < -0.4 is 46.7 Å². The SMILES string of the molecule is COC(=O)c1cc(-c2c3ccc(=O)cc-3oc3cc(O)ccc23)c(C(=O)O)cc1P(c1ccccc1)c1ccccc1.COC(=O)c1cc2c(cc1P(c1ccccc1)c1ccccc1)C(=O)OC21c2ccc(C)cc2Oc2cc(OC(C)=O)ccc21. The molecule has 1 atom stereocenters. The van der Waals surface area contributed by atoms with E-state index in [0.717, 1.165) is 26.8 Å². The Hall–Kier alpha value is -10.5. The number of benzene rings is 10. The van der Waals surface area contributed by atoms with Crippen LogP contribution >= 0.6 is 15.8 Å². The zero-order valence-electron chi connectivity index (χ0n) is 47.0. The Labute approximate surface area is 500 Å². The molecule has 13 rings (SSSR count). The zero-order valence-corrected chi connectivity index (χ0v) is 48.8. The summed E-state index contributed by atoms with van der Waals surface area (Å²) in [5, 5.41) is 26.3. The third-order valence-electron chi connectivity index (χ3n) is 15.0. The minimum Gasteiger partial charge on any atom is -0.508 e. The van der Waals surface area contributed by atoms with Gasteiger partial charge in [-0.15, -0.1) is 0 Å². The lowest BCUT2D eigenvalue weighted by Crippen LogP contribution is -2.34. The molecule has 2 N–H and O–H groups in total. The monoisotopic (exact) mass is 1190 g/mol. The largest absolute Gasteiger partial charge is 0.508 e. The van der Waals surface area contributed by atoms with E-state index >= 15 is 0 Å². The van der Waals surface area contributed by atoms with Gasteiger partial charge >= 0.3 is 29.8 Å². The van der Waals surface area contributed by atoms with E-state index in [9.17, 15) is 39.0 Å². The summed E-state index contributed by atoms with van der Waals surface area (Å²) in [6.45, 7) is 3.26. The lowest BCUT2D eigenvalue weighted by molar-refractivity contribution is -0.131. The van der Waals surface area contributed by atoms with Gasteiger partial charge in [0.25, 0.3) is 0 Å². The van der Waals surface area contributed by atoms with Gasteiger partial charge in [-0.2, -0.15) is 0 Å². The molecule has 3 aliphatic heterocycles. The van der Waals surface area contributed by atoms with E-state index in [2.05, 4.69) is 0 Å². The Morgan fingerprint density at radius 2 is 1.06 bits per heavy atom. The van der Waals surface area contributed by atoms with Crippen molar-refractivity contribution in [3.05, 3.63) is 273 Å². The average molecular weight is 1190 g/mol. The molecule has 1 unspecified atom stereocenters. The lowest BCUT2D eigenvalue weighted by Gasteiger charge is -2.37. The van der Waals surface area contributed by atoms with E-state index in [0.29, 0.717) is 72.2 Å². The number of hydrogen-bond donors (Lipinski definition) is 2. The molecule has 0 saturated carbocycles. The number of carbonyl (C=O) groups excluding carboxylic acids is 4. The third-order valence-corrected chi connectivity index (χ3v) is 19.9. The van der Waals surface area contributed by atoms with E-state index in [1.165, 1.54) is 45.4 Å². The first kappa shape index (κ1) is 56.9. The van der Waals surface area contributed by atoms with Crippen LogP contribution in [0.5, 0.6) is 23.0 Å². The fraction of sp³-hybridized carbons (Fsp3) is 0.0704. The maximum Gasteiger partial charge on any atom is 0.340 e. The number of phenols is 1. The molecule has 9 aromatic rings. The van der Waals surface area contributed by atoms with Gasteiger partial charge in [0, 0.05) is 68.9 Å². The van der Waals surface area contributed by atoms with Crippen LogP contribution in [0.4, 0.5) is 0 Å². The van der Waals surface area contributed by atoms with Gasteiger partial charge in [0.15, 0.2) is 11.0 Å². The molecular formula is C71H50O14P2. The zero-order chi connectivity index (χ0) is 60.7. The van der Waals surface area contributed by atoms with Crippen molar-refractivity contribution < 1.29 is 62.3 Å². The number of aryl methyl sites for hydroxylation is 1. The minimum absolute atomic E-state index is 0.0370. The normalized spacial score (nSPS) is 13.6. The van der Waals surface area contributed by atoms with E-state index in [-0.39, 0.29) is 39.2 Å². The summed E-state index contributed by atoms with van der Waals surface area (Å²) >= 11 is 0. The number of aromatic carboxylic acids is 1. The number of phenolic OH excluding ortho intramolecular Hbond substituents is 1. The molecule has 428 valence electrons. The molecule has 1 spiro atoms. The highest BCUT2D eigenvalue weighted by molar-refractivity contribution is 7.80. The number of ether oxygens (including phenoxy) is 5. The topological polar surface area (TPSA) is 202 Å². The highest BCUT2D eigenvalue weighted by Gasteiger charge is 2.54. The standard InChI is InChI=1S/C37H27O7P.C34H23O7P/c1-22-14-16-29-32(18-22)43-33-19-24(42-23(2)38)15-17-30(33)37(29)31-20-28(35(39)41-3)34(21-27(31)36(40)44-37)45(25-10-6-4-7-11-25)26-12-8-5-9-13-26;1-40-34(39)28-18-26(32-24-14-12-20(35)16-29(24)41-30-17-21(36)13-15-25(30)32)27(33(37)38)19-31(28)42(22-8-4-2-5-9-22)23-10-6-3-7-11-23/h4-21H,1-3H3;2-19,35H,1H3,(H,37,38). The summed E-state index contributed by atoms with van der Waals surface area (Å²) in [6.07, 6.45) is 0. The molecule has 0 aromatic heterocycles. The Morgan fingerprint density at radius 1 is 0.517 bits per heavy atom. The number of carboxylic acid groups (broad SMARTS) is 1. The van der Waals surface area contributed by atoms with E-state index in [1.807, 2.05) is 146 Å². The fourth-order valence-corrected chi connectivity index (χ4v) is 16.2. The number of fused-ring (bicyclic) bond motifs is 8. The van der Waals surface area contributed by atoms with Gasteiger partial charge in [0.05, 0.1) is 36.5 Å².